The third kappa shape index (κ3) is 9.51. The zero-order chi connectivity index (χ0) is 22.5. The molecular formula is C22H31N2O6P. The number of benzene rings is 1. The molecule has 2 unspecified atom stereocenters. The Hall–Kier alpha value is -2.41. The second-order valence-electron chi connectivity index (χ2n) is 7.03. The van der Waals surface area contributed by atoms with Gasteiger partial charge in [-0.2, -0.15) is 0 Å². The molecule has 0 radical (unpaired) electrons. The molecule has 3 atom stereocenters. The first-order valence-corrected chi connectivity index (χ1v) is 12.2. The number of esters is 1. The summed E-state index contributed by atoms with van der Waals surface area (Å²) in [6.45, 7) is 3.97. The van der Waals surface area contributed by atoms with Crippen molar-refractivity contribution in [2.24, 2.45) is 0 Å². The van der Waals surface area contributed by atoms with E-state index in [-0.39, 0.29) is 32.0 Å². The molecular weight excluding hydrogens is 419 g/mol. The van der Waals surface area contributed by atoms with Crippen molar-refractivity contribution >= 4 is 19.6 Å². The molecule has 31 heavy (non-hydrogen) atoms. The number of rotatable bonds is 12. The fraction of sp³-hybridized carbons (Fsp3) is 0.455. The van der Waals surface area contributed by atoms with E-state index in [0.29, 0.717) is 12.8 Å². The van der Waals surface area contributed by atoms with Gasteiger partial charge < -0.3 is 19.3 Å². The van der Waals surface area contributed by atoms with E-state index in [0.717, 1.165) is 5.56 Å². The Morgan fingerprint density at radius 3 is 2.65 bits per heavy atom. The molecule has 1 aromatic carbocycles. The van der Waals surface area contributed by atoms with Crippen molar-refractivity contribution in [1.29, 1.82) is 0 Å². The third-order valence-electron chi connectivity index (χ3n) is 4.39. The highest BCUT2D eigenvalue weighted by Crippen LogP contribution is 2.46. The summed E-state index contributed by atoms with van der Waals surface area (Å²) in [5.74, 6) is -0.493. The van der Waals surface area contributed by atoms with Crippen LogP contribution in [0.25, 0.3) is 0 Å². The number of alkyl carbamates (subject to hydrolysis) is 1. The fourth-order valence-electron chi connectivity index (χ4n) is 2.87. The standard InChI is InChI=1S/C22H31N2O6P/c1-3-28-21(25)18(2)24-31(27,30-20-13-8-5-9-14-20)16-10-15-23-22(26)29-17-19-11-6-4-7-12-19/h4-9,11-13,18,20H,3,10,14-17H2,1-2H3,(H,23,26)(H,24,27)/t18-,20?,31?/m0/s1. The van der Waals surface area contributed by atoms with E-state index < -0.39 is 25.6 Å². The van der Waals surface area contributed by atoms with E-state index in [1.807, 2.05) is 54.6 Å². The molecule has 2 rings (SSSR count). The van der Waals surface area contributed by atoms with Gasteiger partial charge in [-0.05, 0) is 32.3 Å². The number of hydrogen-bond donors (Lipinski definition) is 2. The Labute approximate surface area is 183 Å². The number of carbonyl (C=O) groups excluding carboxylic acids is 2. The van der Waals surface area contributed by atoms with Crippen LogP contribution in [0.15, 0.2) is 54.6 Å². The van der Waals surface area contributed by atoms with Crippen molar-refractivity contribution in [2.45, 2.75) is 45.4 Å². The minimum Gasteiger partial charge on any atom is -0.465 e. The molecule has 2 N–H and O–H groups in total. The summed E-state index contributed by atoms with van der Waals surface area (Å²) in [4.78, 5) is 23.8. The van der Waals surface area contributed by atoms with Crippen LogP contribution in [0, 0.1) is 0 Å². The van der Waals surface area contributed by atoms with Gasteiger partial charge in [-0.25, -0.2) is 9.88 Å². The molecule has 0 aliphatic heterocycles. The molecule has 0 bridgehead atoms. The number of amides is 1. The summed E-state index contributed by atoms with van der Waals surface area (Å²) in [6.07, 6.45) is 7.70. The average molecular weight is 450 g/mol. The predicted molar refractivity (Wildman–Crippen MR) is 119 cm³/mol. The van der Waals surface area contributed by atoms with Crippen LogP contribution < -0.4 is 10.4 Å². The molecule has 8 nitrogen and oxygen atoms in total. The maximum atomic E-state index is 13.4. The molecule has 0 fully saturated rings. The molecule has 0 aromatic heterocycles. The zero-order valence-corrected chi connectivity index (χ0v) is 18.9. The summed E-state index contributed by atoms with van der Waals surface area (Å²) < 4.78 is 29.4. The van der Waals surface area contributed by atoms with Gasteiger partial charge in [-0.15, -0.1) is 0 Å². The molecule has 9 heteroatoms. The molecule has 0 heterocycles. The molecule has 1 aromatic rings. The number of hydrogen-bond acceptors (Lipinski definition) is 6. The largest absolute Gasteiger partial charge is 0.465 e. The van der Waals surface area contributed by atoms with Gasteiger partial charge in [-0.3, -0.25) is 9.36 Å². The highest BCUT2D eigenvalue weighted by molar-refractivity contribution is 7.56. The van der Waals surface area contributed by atoms with E-state index in [1.165, 1.54) is 0 Å². The minimum absolute atomic E-state index is 0.143. The van der Waals surface area contributed by atoms with Crippen molar-refractivity contribution in [1.82, 2.24) is 10.4 Å². The van der Waals surface area contributed by atoms with Crippen LogP contribution in [0.2, 0.25) is 0 Å². The van der Waals surface area contributed by atoms with Crippen LogP contribution in [-0.2, 0) is 30.0 Å². The SMILES string of the molecule is CCOC(=O)[C@H](C)NP(=O)(CCCNC(=O)OCc1ccccc1)OC1C=CC=CC1. The van der Waals surface area contributed by atoms with Gasteiger partial charge in [0.05, 0.1) is 12.7 Å². The van der Waals surface area contributed by atoms with Crippen molar-refractivity contribution < 1.29 is 28.2 Å². The predicted octanol–water partition coefficient (Wildman–Crippen LogP) is 3.94. The maximum absolute atomic E-state index is 13.4. The molecule has 1 aliphatic rings. The first kappa shape index (κ1) is 24.9. The molecule has 0 saturated carbocycles. The monoisotopic (exact) mass is 450 g/mol. The quantitative estimate of drug-likeness (QED) is 0.282. The lowest BCUT2D eigenvalue weighted by Gasteiger charge is -2.26. The number of allylic oxidation sites excluding steroid dienone is 2. The topological polar surface area (TPSA) is 103 Å². The average Bonchev–Trinajstić information content (AvgIpc) is 2.77. The van der Waals surface area contributed by atoms with E-state index in [1.54, 1.807) is 13.8 Å². The van der Waals surface area contributed by atoms with E-state index >= 15 is 0 Å². The summed E-state index contributed by atoms with van der Waals surface area (Å²) in [6, 6.07) is 8.59. The molecule has 0 saturated heterocycles. The Morgan fingerprint density at radius 2 is 1.97 bits per heavy atom. The summed E-state index contributed by atoms with van der Waals surface area (Å²) in [5.41, 5.74) is 0.891. The number of carbonyl (C=O) groups is 2. The third-order valence-corrected chi connectivity index (χ3v) is 6.69. The van der Waals surface area contributed by atoms with Crippen molar-refractivity contribution in [2.75, 3.05) is 19.3 Å². The Morgan fingerprint density at radius 1 is 1.19 bits per heavy atom. The Balaban J connectivity index is 1.82. The minimum atomic E-state index is -3.37. The second-order valence-corrected chi connectivity index (χ2v) is 9.30. The van der Waals surface area contributed by atoms with E-state index in [9.17, 15) is 14.2 Å². The van der Waals surface area contributed by atoms with Gasteiger partial charge in [0.15, 0.2) is 0 Å². The van der Waals surface area contributed by atoms with Crippen LogP contribution in [0.4, 0.5) is 4.79 Å². The van der Waals surface area contributed by atoms with Gasteiger partial charge in [0.2, 0.25) is 0 Å². The van der Waals surface area contributed by atoms with Crippen molar-refractivity contribution in [3.05, 3.63) is 60.2 Å². The van der Waals surface area contributed by atoms with Gasteiger partial charge in [0.1, 0.15) is 12.6 Å². The lowest BCUT2D eigenvalue weighted by atomic mass is 10.1. The van der Waals surface area contributed by atoms with Crippen molar-refractivity contribution in [3.8, 4) is 0 Å². The van der Waals surface area contributed by atoms with Crippen molar-refractivity contribution in [3.63, 3.8) is 0 Å². The molecule has 1 amide bonds. The first-order valence-electron chi connectivity index (χ1n) is 10.4. The van der Waals surface area contributed by atoms with Gasteiger partial charge in [-0.1, -0.05) is 54.6 Å². The first-order chi connectivity index (χ1) is 14.9. The smallest absolute Gasteiger partial charge is 0.407 e. The summed E-state index contributed by atoms with van der Waals surface area (Å²) in [5, 5.41) is 5.46. The normalized spacial score (nSPS) is 18.1. The number of ether oxygens (including phenoxy) is 2. The van der Waals surface area contributed by atoms with Crippen LogP contribution in [0.1, 0.15) is 32.3 Å². The highest BCUT2D eigenvalue weighted by atomic mass is 31.2. The summed E-state index contributed by atoms with van der Waals surface area (Å²) in [7, 11) is -3.37. The fourth-order valence-corrected chi connectivity index (χ4v) is 5.03. The van der Waals surface area contributed by atoms with Crippen LogP contribution in [-0.4, -0.2) is 43.5 Å². The van der Waals surface area contributed by atoms with Gasteiger partial charge >= 0.3 is 12.1 Å². The van der Waals surface area contributed by atoms with E-state index in [2.05, 4.69) is 10.4 Å². The van der Waals surface area contributed by atoms with Crippen LogP contribution in [0.5, 0.6) is 0 Å². The van der Waals surface area contributed by atoms with Gasteiger partial charge in [0.25, 0.3) is 7.52 Å². The zero-order valence-electron chi connectivity index (χ0n) is 18.0. The molecule has 1 aliphatic carbocycles. The maximum Gasteiger partial charge on any atom is 0.407 e. The van der Waals surface area contributed by atoms with Crippen LogP contribution in [0.3, 0.4) is 0 Å². The highest BCUT2D eigenvalue weighted by Gasteiger charge is 2.31. The lowest BCUT2D eigenvalue weighted by Crippen LogP contribution is -2.36. The van der Waals surface area contributed by atoms with E-state index in [4.69, 9.17) is 14.0 Å². The van der Waals surface area contributed by atoms with Crippen LogP contribution >= 0.6 is 7.52 Å². The lowest BCUT2D eigenvalue weighted by molar-refractivity contribution is -0.144. The number of nitrogens with one attached hydrogen (secondary N) is 2. The Kier molecular flexibility index (Phi) is 10.5. The molecule has 170 valence electrons. The molecule has 0 spiro atoms. The van der Waals surface area contributed by atoms with Gasteiger partial charge in [0, 0.05) is 12.7 Å². The Bertz CT molecular complexity index is 811. The second kappa shape index (κ2) is 13.1. The summed E-state index contributed by atoms with van der Waals surface area (Å²) >= 11 is 0.